The van der Waals surface area contributed by atoms with E-state index < -0.39 is 0 Å². The van der Waals surface area contributed by atoms with Crippen LogP contribution in [0.1, 0.15) is 11.1 Å². The Morgan fingerprint density at radius 1 is 1.33 bits per heavy atom. The van der Waals surface area contributed by atoms with Gasteiger partial charge in [0.1, 0.15) is 5.76 Å². The molecule has 0 saturated heterocycles. The molecule has 1 radical (unpaired) electrons. The van der Waals surface area contributed by atoms with E-state index in [0.717, 1.165) is 17.9 Å². The molecule has 3 rings (SSSR count). The van der Waals surface area contributed by atoms with Crippen molar-refractivity contribution in [1.29, 1.82) is 0 Å². The summed E-state index contributed by atoms with van der Waals surface area (Å²) < 4.78 is 5.30. The summed E-state index contributed by atoms with van der Waals surface area (Å²) in [5, 5.41) is 3.11. The van der Waals surface area contributed by atoms with E-state index in [1.165, 1.54) is 11.1 Å². The smallest absolute Gasteiger partial charge is 0.518 e. The number of allylic oxidation sites excluding steroid dienone is 1. The predicted molar refractivity (Wildman–Crippen MR) is 47.0 cm³/mol. The van der Waals surface area contributed by atoms with Gasteiger partial charge in [-0.05, 0) is 5.56 Å². The number of benzene rings is 1. The lowest BCUT2D eigenvalue weighted by molar-refractivity contribution is 0.458. The Hall–Kier alpha value is -1.38. The van der Waals surface area contributed by atoms with Crippen LogP contribution in [0, 0.1) is 0 Å². The fourth-order valence-electron chi connectivity index (χ4n) is 1.75. The number of hydrogen-bond donors (Lipinski definition) is 1. The minimum absolute atomic E-state index is 0.926. The number of fused-ring (bicyclic) bond motifs is 2. The van der Waals surface area contributed by atoms with Crippen LogP contribution in [0.5, 0.6) is 0 Å². The number of rotatable bonds is 0. The van der Waals surface area contributed by atoms with Gasteiger partial charge in [-0.1, -0.05) is 24.3 Å². The summed E-state index contributed by atoms with van der Waals surface area (Å²) in [7, 11) is 1.64. The summed E-state index contributed by atoms with van der Waals surface area (Å²) >= 11 is 0. The second kappa shape index (κ2) is 2.06. The van der Waals surface area contributed by atoms with Gasteiger partial charge in [0, 0.05) is 12.0 Å². The van der Waals surface area contributed by atoms with Crippen LogP contribution in [0.15, 0.2) is 30.0 Å². The summed E-state index contributed by atoms with van der Waals surface area (Å²) in [5.41, 5.74) is 3.77. The van der Waals surface area contributed by atoms with E-state index in [1.807, 2.05) is 0 Å². The van der Waals surface area contributed by atoms with E-state index in [0.29, 0.717) is 0 Å². The highest BCUT2D eigenvalue weighted by atomic mass is 16.4. The third-order valence-electron chi connectivity index (χ3n) is 2.32. The summed E-state index contributed by atoms with van der Waals surface area (Å²) in [4.78, 5) is 0. The molecule has 0 unspecified atom stereocenters. The molecule has 0 spiro atoms. The van der Waals surface area contributed by atoms with Crippen molar-refractivity contribution in [2.75, 3.05) is 0 Å². The zero-order valence-electron chi connectivity index (χ0n) is 6.50. The lowest BCUT2D eigenvalue weighted by Crippen LogP contribution is -2.12. The molecule has 1 aliphatic carbocycles. The Kier molecular flexibility index (Phi) is 1.06. The van der Waals surface area contributed by atoms with Crippen molar-refractivity contribution in [3.8, 4) is 0 Å². The van der Waals surface area contributed by atoms with Crippen LogP contribution >= 0.6 is 0 Å². The summed E-state index contributed by atoms with van der Waals surface area (Å²) in [6, 6.07) is 8.37. The van der Waals surface area contributed by atoms with Crippen LogP contribution in [0.25, 0.3) is 5.70 Å². The molecule has 0 fully saturated rings. The lowest BCUT2D eigenvalue weighted by atomic mass is 10.1. The third kappa shape index (κ3) is 0.657. The topological polar surface area (TPSA) is 21.3 Å². The Morgan fingerprint density at radius 3 is 3.25 bits per heavy atom. The maximum absolute atomic E-state index is 5.30. The average Bonchev–Trinajstić information content (AvgIpc) is 2.62. The maximum atomic E-state index is 5.30. The maximum Gasteiger partial charge on any atom is 0.518 e. The normalized spacial score (nSPS) is 17.7. The van der Waals surface area contributed by atoms with E-state index >= 15 is 0 Å². The van der Waals surface area contributed by atoms with Gasteiger partial charge in [-0.25, -0.2) is 0 Å². The van der Waals surface area contributed by atoms with E-state index in [-0.39, 0.29) is 0 Å². The zero-order valence-corrected chi connectivity index (χ0v) is 6.50. The van der Waals surface area contributed by atoms with E-state index in [9.17, 15) is 0 Å². The van der Waals surface area contributed by atoms with Crippen LogP contribution in [0.3, 0.4) is 0 Å². The van der Waals surface area contributed by atoms with Crippen LogP contribution in [0.4, 0.5) is 0 Å². The molecule has 0 saturated carbocycles. The van der Waals surface area contributed by atoms with Crippen molar-refractivity contribution < 1.29 is 4.65 Å². The Morgan fingerprint density at radius 2 is 2.25 bits per heavy atom. The molecule has 0 amide bonds. The quantitative estimate of drug-likeness (QED) is 0.567. The van der Waals surface area contributed by atoms with Crippen molar-refractivity contribution in [3.63, 3.8) is 0 Å². The average molecular weight is 156 g/mol. The van der Waals surface area contributed by atoms with E-state index in [4.69, 9.17) is 4.65 Å². The van der Waals surface area contributed by atoms with Crippen molar-refractivity contribution in [2.45, 2.75) is 6.42 Å². The van der Waals surface area contributed by atoms with E-state index in [2.05, 4.69) is 29.5 Å². The molecule has 1 aromatic carbocycles. The van der Waals surface area contributed by atoms with Crippen molar-refractivity contribution in [3.05, 3.63) is 41.2 Å². The first-order chi connectivity index (χ1) is 5.95. The second-order valence-electron chi connectivity index (χ2n) is 3.01. The highest BCUT2D eigenvalue weighted by Gasteiger charge is 2.26. The first-order valence-corrected chi connectivity index (χ1v) is 4.01. The SMILES string of the molecule is [B]1NC2=C(Cc3ccccc32)O1. The Bertz CT molecular complexity index is 373. The molecule has 3 heteroatoms. The van der Waals surface area contributed by atoms with Gasteiger partial charge in [-0.3, -0.25) is 0 Å². The number of hydrogen-bond acceptors (Lipinski definition) is 2. The molecule has 0 atom stereocenters. The molecule has 12 heavy (non-hydrogen) atoms. The van der Waals surface area contributed by atoms with Gasteiger partial charge in [0.2, 0.25) is 0 Å². The van der Waals surface area contributed by atoms with Gasteiger partial charge >= 0.3 is 7.62 Å². The second-order valence-corrected chi connectivity index (χ2v) is 3.01. The third-order valence-corrected chi connectivity index (χ3v) is 2.32. The monoisotopic (exact) mass is 156 g/mol. The van der Waals surface area contributed by atoms with Crippen LogP contribution in [-0.2, 0) is 11.1 Å². The molecular weight excluding hydrogens is 149 g/mol. The molecule has 1 aliphatic heterocycles. The Balaban J connectivity index is 2.18. The summed E-state index contributed by atoms with van der Waals surface area (Å²) in [6.45, 7) is 0. The van der Waals surface area contributed by atoms with Crippen molar-refractivity contribution in [1.82, 2.24) is 5.23 Å². The van der Waals surface area contributed by atoms with Crippen LogP contribution in [0.2, 0.25) is 0 Å². The molecule has 0 aromatic heterocycles. The predicted octanol–water partition coefficient (Wildman–Crippen LogP) is 1.07. The summed E-state index contributed by atoms with van der Waals surface area (Å²) in [5.74, 6) is 1.05. The molecule has 2 aliphatic rings. The minimum Gasteiger partial charge on any atom is -0.544 e. The first kappa shape index (κ1) is 6.18. The molecule has 1 N–H and O–H groups in total. The Labute approximate surface area is 71.5 Å². The van der Waals surface area contributed by atoms with Crippen LogP contribution < -0.4 is 5.23 Å². The van der Waals surface area contributed by atoms with Crippen LogP contribution in [-0.4, -0.2) is 7.62 Å². The highest BCUT2D eigenvalue weighted by Crippen LogP contribution is 2.33. The van der Waals surface area contributed by atoms with Gasteiger partial charge in [0.15, 0.2) is 0 Å². The molecule has 1 heterocycles. The van der Waals surface area contributed by atoms with Crippen molar-refractivity contribution >= 4 is 13.3 Å². The minimum atomic E-state index is 0.926. The highest BCUT2D eigenvalue weighted by molar-refractivity contribution is 6.30. The van der Waals surface area contributed by atoms with Gasteiger partial charge < -0.3 is 9.88 Å². The fraction of sp³-hybridized carbons (Fsp3) is 0.111. The number of nitrogens with one attached hydrogen (secondary N) is 1. The standard InChI is InChI=1S/C9H7BNO/c1-2-4-7-6(3-1)5-8-9(7)11-10-12-8/h1-4,11H,5H2. The molecule has 1 aromatic rings. The first-order valence-electron chi connectivity index (χ1n) is 4.01. The molecule has 57 valence electrons. The van der Waals surface area contributed by atoms with E-state index in [1.54, 1.807) is 7.62 Å². The molecule has 0 bridgehead atoms. The zero-order chi connectivity index (χ0) is 7.97. The summed E-state index contributed by atoms with van der Waals surface area (Å²) in [6.07, 6.45) is 0.926. The van der Waals surface area contributed by atoms with Gasteiger partial charge in [-0.2, -0.15) is 0 Å². The van der Waals surface area contributed by atoms with Crippen molar-refractivity contribution in [2.24, 2.45) is 0 Å². The van der Waals surface area contributed by atoms with Gasteiger partial charge in [-0.15, -0.1) is 0 Å². The van der Waals surface area contributed by atoms with Gasteiger partial charge in [0.05, 0.1) is 5.70 Å². The molecular formula is C9H7BNO. The lowest BCUT2D eigenvalue weighted by Gasteiger charge is -2.02. The van der Waals surface area contributed by atoms with Gasteiger partial charge in [0.25, 0.3) is 0 Å². The fourth-order valence-corrected chi connectivity index (χ4v) is 1.75. The molecule has 2 nitrogen and oxygen atoms in total. The largest absolute Gasteiger partial charge is 0.544 e.